The molecule has 0 aliphatic carbocycles. The van der Waals surface area contributed by atoms with Crippen molar-refractivity contribution in [2.45, 2.75) is 6.92 Å². The largest absolute Gasteiger partial charge is 0.461 e. The molecule has 1 aromatic carbocycles. The molecule has 0 unspecified atom stereocenters. The Morgan fingerprint density at radius 3 is 2.79 bits per heavy atom. The van der Waals surface area contributed by atoms with Crippen molar-refractivity contribution in [3.63, 3.8) is 0 Å². The maximum Gasteiger partial charge on any atom is 0.354 e. The van der Waals surface area contributed by atoms with Crippen LogP contribution < -0.4 is 10.9 Å². The number of aromatic nitrogens is 1. The molecule has 2 aromatic rings. The molecular formula is C13H15N3O3. The van der Waals surface area contributed by atoms with Crippen molar-refractivity contribution in [1.82, 2.24) is 15.8 Å². The second kappa shape index (κ2) is 5.53. The van der Waals surface area contributed by atoms with Gasteiger partial charge in [0.05, 0.1) is 6.61 Å². The summed E-state index contributed by atoms with van der Waals surface area (Å²) in [4.78, 5) is 26.2. The van der Waals surface area contributed by atoms with E-state index in [1.54, 1.807) is 38.2 Å². The van der Waals surface area contributed by atoms with Gasteiger partial charge in [0.25, 0.3) is 5.91 Å². The van der Waals surface area contributed by atoms with Crippen molar-refractivity contribution in [2.24, 2.45) is 0 Å². The van der Waals surface area contributed by atoms with Gasteiger partial charge in [0.2, 0.25) is 0 Å². The molecule has 0 saturated carbocycles. The number of hydrazine groups is 1. The van der Waals surface area contributed by atoms with E-state index in [1.165, 1.54) is 0 Å². The Hall–Kier alpha value is -2.34. The fraction of sp³-hybridized carbons (Fsp3) is 0.231. The van der Waals surface area contributed by atoms with Crippen LogP contribution in [0.1, 0.15) is 27.8 Å². The van der Waals surface area contributed by atoms with E-state index in [4.69, 9.17) is 4.74 Å². The van der Waals surface area contributed by atoms with Crippen molar-refractivity contribution >= 4 is 22.8 Å². The van der Waals surface area contributed by atoms with Crippen LogP contribution in [-0.4, -0.2) is 30.5 Å². The molecular weight excluding hydrogens is 246 g/mol. The van der Waals surface area contributed by atoms with E-state index in [0.29, 0.717) is 17.9 Å². The zero-order valence-electron chi connectivity index (χ0n) is 10.7. The zero-order valence-corrected chi connectivity index (χ0v) is 10.7. The van der Waals surface area contributed by atoms with Crippen molar-refractivity contribution in [2.75, 3.05) is 13.7 Å². The Bertz CT molecular complexity index is 603. The molecule has 0 aliphatic rings. The van der Waals surface area contributed by atoms with Crippen LogP contribution in [0.5, 0.6) is 0 Å². The molecule has 0 bridgehead atoms. The fourth-order valence-electron chi connectivity index (χ4n) is 1.78. The van der Waals surface area contributed by atoms with Gasteiger partial charge < -0.3 is 9.72 Å². The molecule has 0 atom stereocenters. The highest BCUT2D eigenvalue weighted by molar-refractivity contribution is 6.00. The molecule has 0 spiro atoms. The summed E-state index contributed by atoms with van der Waals surface area (Å²) < 4.78 is 4.91. The lowest BCUT2D eigenvalue weighted by atomic mass is 10.1. The average Bonchev–Trinajstić information content (AvgIpc) is 2.82. The van der Waals surface area contributed by atoms with E-state index in [-0.39, 0.29) is 5.91 Å². The van der Waals surface area contributed by atoms with Gasteiger partial charge in [-0.25, -0.2) is 10.2 Å². The minimum absolute atomic E-state index is 0.233. The van der Waals surface area contributed by atoms with E-state index in [9.17, 15) is 9.59 Å². The highest BCUT2D eigenvalue weighted by Gasteiger charge is 2.12. The normalized spacial score (nSPS) is 10.4. The van der Waals surface area contributed by atoms with Crippen LogP contribution in [-0.2, 0) is 4.74 Å². The van der Waals surface area contributed by atoms with Crippen LogP contribution in [0, 0.1) is 0 Å². The maximum atomic E-state index is 11.7. The van der Waals surface area contributed by atoms with E-state index in [0.717, 1.165) is 10.9 Å². The number of ether oxygens (including phenoxy) is 1. The maximum absolute atomic E-state index is 11.7. The Kier molecular flexibility index (Phi) is 3.82. The molecule has 3 N–H and O–H groups in total. The first kappa shape index (κ1) is 13.1. The van der Waals surface area contributed by atoms with Crippen LogP contribution in [0.3, 0.4) is 0 Å². The van der Waals surface area contributed by atoms with E-state index < -0.39 is 5.97 Å². The summed E-state index contributed by atoms with van der Waals surface area (Å²) in [5.74, 6) is -0.636. The SMILES string of the molecule is CCOC(=O)c1cc2cc(C(=O)NNC)ccc2[nH]1. The Labute approximate surface area is 110 Å². The number of nitrogens with one attached hydrogen (secondary N) is 3. The average molecular weight is 261 g/mol. The molecule has 1 amide bonds. The van der Waals surface area contributed by atoms with Crippen LogP contribution in [0.15, 0.2) is 24.3 Å². The molecule has 100 valence electrons. The molecule has 6 nitrogen and oxygen atoms in total. The smallest absolute Gasteiger partial charge is 0.354 e. The number of esters is 1. The lowest BCUT2D eigenvalue weighted by Crippen LogP contribution is -2.33. The number of hydrogen-bond donors (Lipinski definition) is 3. The van der Waals surface area contributed by atoms with Gasteiger partial charge in [0.15, 0.2) is 0 Å². The molecule has 0 aliphatic heterocycles. The van der Waals surface area contributed by atoms with Gasteiger partial charge in [-0.2, -0.15) is 0 Å². The predicted molar refractivity (Wildman–Crippen MR) is 70.8 cm³/mol. The highest BCUT2D eigenvalue weighted by atomic mass is 16.5. The van der Waals surface area contributed by atoms with Crippen molar-refractivity contribution in [3.05, 3.63) is 35.5 Å². The lowest BCUT2D eigenvalue weighted by molar-refractivity contribution is 0.0520. The number of fused-ring (bicyclic) bond motifs is 1. The summed E-state index contributed by atoms with van der Waals surface area (Å²) in [6.07, 6.45) is 0. The summed E-state index contributed by atoms with van der Waals surface area (Å²) in [7, 11) is 1.62. The molecule has 6 heteroatoms. The lowest BCUT2D eigenvalue weighted by Gasteiger charge is -2.02. The molecule has 19 heavy (non-hydrogen) atoms. The second-order valence-corrected chi connectivity index (χ2v) is 3.91. The van der Waals surface area contributed by atoms with E-state index in [1.807, 2.05) is 0 Å². The highest BCUT2D eigenvalue weighted by Crippen LogP contribution is 2.18. The minimum atomic E-state index is -0.403. The summed E-state index contributed by atoms with van der Waals surface area (Å²) in [6.45, 7) is 2.07. The first-order valence-electron chi connectivity index (χ1n) is 5.92. The zero-order chi connectivity index (χ0) is 13.8. The molecule has 2 rings (SSSR count). The third-order valence-electron chi connectivity index (χ3n) is 2.62. The van der Waals surface area contributed by atoms with Gasteiger partial charge in [-0.05, 0) is 31.2 Å². The van der Waals surface area contributed by atoms with Crippen molar-refractivity contribution < 1.29 is 14.3 Å². The van der Waals surface area contributed by atoms with Gasteiger partial charge in [0, 0.05) is 23.5 Å². The molecule has 0 radical (unpaired) electrons. The summed E-state index contributed by atoms with van der Waals surface area (Å²) in [5.41, 5.74) is 6.73. The number of rotatable bonds is 4. The summed E-state index contributed by atoms with van der Waals surface area (Å²) in [5, 5.41) is 0.784. The predicted octanol–water partition coefficient (Wildman–Crippen LogP) is 1.21. The molecule has 1 aromatic heterocycles. The number of carbonyl (C=O) groups is 2. The Balaban J connectivity index is 2.33. The number of amides is 1. The molecule has 1 heterocycles. The van der Waals surface area contributed by atoms with Gasteiger partial charge >= 0.3 is 5.97 Å². The number of benzene rings is 1. The van der Waals surface area contributed by atoms with Crippen molar-refractivity contribution in [3.8, 4) is 0 Å². The van der Waals surface area contributed by atoms with E-state index >= 15 is 0 Å². The third-order valence-corrected chi connectivity index (χ3v) is 2.62. The number of aromatic amines is 1. The third kappa shape index (κ3) is 2.74. The van der Waals surface area contributed by atoms with Crippen LogP contribution in [0.2, 0.25) is 0 Å². The van der Waals surface area contributed by atoms with Crippen LogP contribution in [0.25, 0.3) is 10.9 Å². The van der Waals surface area contributed by atoms with Gasteiger partial charge in [-0.3, -0.25) is 10.2 Å². The first-order chi connectivity index (χ1) is 9.15. The number of H-pyrrole nitrogens is 1. The second-order valence-electron chi connectivity index (χ2n) is 3.91. The van der Waals surface area contributed by atoms with Gasteiger partial charge in [0.1, 0.15) is 5.69 Å². The van der Waals surface area contributed by atoms with Crippen molar-refractivity contribution in [1.29, 1.82) is 0 Å². The fourth-order valence-corrected chi connectivity index (χ4v) is 1.78. The van der Waals surface area contributed by atoms with E-state index in [2.05, 4.69) is 15.8 Å². The summed E-state index contributed by atoms with van der Waals surface area (Å²) in [6, 6.07) is 6.81. The Morgan fingerprint density at radius 2 is 2.11 bits per heavy atom. The quantitative estimate of drug-likeness (QED) is 0.570. The topological polar surface area (TPSA) is 83.2 Å². The van der Waals surface area contributed by atoms with Crippen LogP contribution >= 0.6 is 0 Å². The monoisotopic (exact) mass is 261 g/mol. The van der Waals surface area contributed by atoms with Gasteiger partial charge in [-0.1, -0.05) is 0 Å². The molecule has 0 fully saturated rings. The standard InChI is InChI=1S/C13H15N3O3/c1-3-19-13(18)11-7-9-6-8(12(17)16-14-2)4-5-10(9)15-11/h4-7,14-15H,3H2,1-2H3,(H,16,17). The van der Waals surface area contributed by atoms with Crippen LogP contribution in [0.4, 0.5) is 0 Å². The number of carbonyl (C=O) groups excluding carboxylic acids is 2. The molecule has 0 saturated heterocycles. The number of hydrogen-bond acceptors (Lipinski definition) is 4. The summed E-state index contributed by atoms with van der Waals surface area (Å²) >= 11 is 0. The minimum Gasteiger partial charge on any atom is -0.461 e. The first-order valence-corrected chi connectivity index (χ1v) is 5.92. The van der Waals surface area contributed by atoms with Gasteiger partial charge in [-0.15, -0.1) is 0 Å². The Morgan fingerprint density at radius 1 is 1.32 bits per heavy atom.